The van der Waals surface area contributed by atoms with Crippen LogP contribution in [-0.4, -0.2) is 58.7 Å². The Morgan fingerprint density at radius 1 is 1.13 bits per heavy atom. The van der Waals surface area contributed by atoms with Crippen molar-refractivity contribution in [3.63, 3.8) is 0 Å². The van der Waals surface area contributed by atoms with Gasteiger partial charge in [-0.3, -0.25) is 4.79 Å². The van der Waals surface area contributed by atoms with Crippen LogP contribution < -0.4 is 14.5 Å². The molecule has 0 unspecified atom stereocenters. The molecule has 23 heavy (non-hydrogen) atoms. The molecule has 0 spiro atoms. The molecule has 1 aromatic carbocycles. The van der Waals surface area contributed by atoms with E-state index < -0.39 is 0 Å². The third kappa shape index (κ3) is 5.43. The molecule has 2 rings (SSSR count). The number of hydrogen-bond donors (Lipinski definition) is 0. The van der Waals surface area contributed by atoms with E-state index in [9.17, 15) is 4.79 Å². The van der Waals surface area contributed by atoms with E-state index in [2.05, 4.69) is 11.9 Å². The molecule has 0 aromatic heterocycles. The Morgan fingerprint density at radius 2 is 1.74 bits per heavy atom. The maximum absolute atomic E-state index is 11.0. The summed E-state index contributed by atoms with van der Waals surface area (Å²) in [5.74, 6) is 0.872. The van der Waals surface area contributed by atoms with E-state index in [1.165, 1.54) is 0 Å². The van der Waals surface area contributed by atoms with Crippen molar-refractivity contribution in [1.29, 1.82) is 0 Å². The second kappa shape index (κ2) is 9.40. The van der Waals surface area contributed by atoms with E-state index in [-0.39, 0.29) is 6.10 Å². The average Bonchev–Trinajstić information content (AvgIpc) is 2.58. The van der Waals surface area contributed by atoms with Gasteiger partial charge in [0.25, 0.3) is 0 Å². The lowest BCUT2D eigenvalue weighted by Crippen LogP contribution is -2.35. The molecule has 1 aromatic rings. The van der Waals surface area contributed by atoms with Gasteiger partial charge in [0.1, 0.15) is 11.9 Å². The number of ether oxygens (including phenoxy) is 1. The Kier molecular flexibility index (Phi) is 7.89. The minimum absolute atomic E-state index is 0.283. The predicted octanol–water partition coefficient (Wildman–Crippen LogP) is 2.84. The van der Waals surface area contributed by atoms with Crippen LogP contribution in [0.2, 0.25) is 0 Å². The lowest BCUT2D eigenvalue weighted by molar-refractivity contribution is -0.107. The Labute approximate surface area is 140 Å². The first-order chi connectivity index (χ1) is 11.0. The number of nitrogens with zero attached hydrogens (tertiary/aromatic N) is 3. The summed E-state index contributed by atoms with van der Waals surface area (Å²) in [6.45, 7) is 6.16. The van der Waals surface area contributed by atoms with Crippen molar-refractivity contribution in [1.82, 2.24) is 4.90 Å². The fourth-order valence-corrected chi connectivity index (χ4v) is 2.58. The molecule has 0 radical (unpaired) electrons. The molecule has 0 atom stereocenters. The number of rotatable bonds is 5. The second-order valence-corrected chi connectivity index (χ2v) is 5.88. The number of amides is 1. The summed E-state index contributed by atoms with van der Waals surface area (Å²) in [5, 5.41) is 0. The van der Waals surface area contributed by atoms with Crippen LogP contribution in [0.3, 0.4) is 0 Å². The van der Waals surface area contributed by atoms with Crippen molar-refractivity contribution in [2.75, 3.05) is 51.1 Å². The van der Waals surface area contributed by atoms with Crippen molar-refractivity contribution in [3.8, 4) is 5.75 Å². The Morgan fingerprint density at radius 3 is 2.26 bits per heavy atom. The van der Waals surface area contributed by atoms with Crippen LogP contribution in [0.25, 0.3) is 0 Å². The number of carbonyl (C=O) groups excluding carboxylic acids is 1. The number of carbonyl (C=O) groups is 1. The first-order valence-electron chi connectivity index (χ1n) is 8.36. The zero-order chi connectivity index (χ0) is 17.4. The van der Waals surface area contributed by atoms with Crippen molar-refractivity contribution in [2.24, 2.45) is 0 Å². The SMILES string of the molecule is CC.CN1CCC(Oc2ccc(N(C)C=O)c(N(C)C)c2)CC1. The zero-order valence-corrected chi connectivity index (χ0v) is 15.4. The van der Waals surface area contributed by atoms with Crippen molar-refractivity contribution < 1.29 is 9.53 Å². The van der Waals surface area contributed by atoms with Crippen LogP contribution >= 0.6 is 0 Å². The molecular formula is C18H31N3O2. The first-order valence-corrected chi connectivity index (χ1v) is 8.36. The van der Waals surface area contributed by atoms with Crippen LogP contribution in [0.15, 0.2) is 18.2 Å². The van der Waals surface area contributed by atoms with E-state index in [4.69, 9.17) is 4.74 Å². The summed E-state index contributed by atoms with van der Waals surface area (Å²) in [6.07, 6.45) is 3.22. The number of anilines is 2. The molecule has 1 fully saturated rings. The van der Waals surface area contributed by atoms with Crippen LogP contribution in [0, 0.1) is 0 Å². The predicted molar refractivity (Wildman–Crippen MR) is 97.7 cm³/mol. The van der Waals surface area contributed by atoms with Gasteiger partial charge in [-0.05, 0) is 32.0 Å². The number of hydrogen-bond acceptors (Lipinski definition) is 4. The van der Waals surface area contributed by atoms with Gasteiger partial charge >= 0.3 is 0 Å². The molecule has 0 bridgehead atoms. The normalized spacial score (nSPS) is 15.4. The summed E-state index contributed by atoms with van der Waals surface area (Å²) in [4.78, 5) is 16.9. The highest BCUT2D eigenvalue weighted by atomic mass is 16.5. The summed E-state index contributed by atoms with van der Waals surface area (Å²) in [6, 6.07) is 5.89. The summed E-state index contributed by atoms with van der Waals surface area (Å²) < 4.78 is 6.10. The van der Waals surface area contributed by atoms with Crippen molar-refractivity contribution in [2.45, 2.75) is 32.8 Å². The Hall–Kier alpha value is -1.75. The molecule has 5 nitrogen and oxygen atoms in total. The van der Waals surface area contributed by atoms with E-state index in [1.807, 2.05) is 51.0 Å². The molecule has 5 heteroatoms. The van der Waals surface area contributed by atoms with Crippen molar-refractivity contribution in [3.05, 3.63) is 18.2 Å². The maximum atomic E-state index is 11.0. The number of likely N-dealkylation sites (tertiary alicyclic amines) is 1. The summed E-state index contributed by atoms with van der Waals surface area (Å²) in [5.41, 5.74) is 1.86. The third-order valence-electron chi connectivity index (χ3n) is 3.94. The highest BCUT2D eigenvalue weighted by Crippen LogP contribution is 2.32. The molecular weight excluding hydrogens is 290 g/mol. The van der Waals surface area contributed by atoms with Gasteiger partial charge < -0.3 is 19.4 Å². The molecule has 1 saturated heterocycles. The molecule has 0 saturated carbocycles. The fraction of sp³-hybridized carbons (Fsp3) is 0.611. The molecule has 1 heterocycles. The van der Waals surface area contributed by atoms with Gasteiger partial charge in [-0.2, -0.15) is 0 Å². The van der Waals surface area contributed by atoms with E-state index >= 15 is 0 Å². The molecule has 130 valence electrons. The molecule has 1 aliphatic rings. The van der Waals surface area contributed by atoms with Gasteiger partial charge in [-0.1, -0.05) is 13.8 Å². The van der Waals surface area contributed by atoms with Gasteiger partial charge in [0.15, 0.2) is 0 Å². The van der Waals surface area contributed by atoms with Crippen LogP contribution in [0.1, 0.15) is 26.7 Å². The average molecular weight is 321 g/mol. The minimum atomic E-state index is 0.283. The quantitative estimate of drug-likeness (QED) is 0.781. The van der Waals surface area contributed by atoms with E-state index in [0.29, 0.717) is 0 Å². The topological polar surface area (TPSA) is 36.0 Å². The van der Waals surface area contributed by atoms with E-state index in [0.717, 1.165) is 49.5 Å². The van der Waals surface area contributed by atoms with E-state index in [1.54, 1.807) is 11.9 Å². The smallest absolute Gasteiger partial charge is 0.213 e. The molecule has 1 aliphatic heterocycles. The van der Waals surface area contributed by atoms with Gasteiger partial charge in [0.2, 0.25) is 6.41 Å². The molecule has 1 amide bonds. The van der Waals surface area contributed by atoms with Crippen molar-refractivity contribution >= 4 is 17.8 Å². The van der Waals surface area contributed by atoms with Gasteiger partial charge in [0.05, 0.1) is 11.4 Å². The monoisotopic (exact) mass is 321 g/mol. The highest BCUT2D eigenvalue weighted by Gasteiger charge is 2.19. The number of benzene rings is 1. The van der Waals surface area contributed by atoms with Gasteiger partial charge in [-0.15, -0.1) is 0 Å². The lowest BCUT2D eigenvalue weighted by atomic mass is 10.1. The Bertz CT molecular complexity index is 483. The van der Waals surface area contributed by atoms with Crippen LogP contribution in [-0.2, 0) is 4.79 Å². The zero-order valence-electron chi connectivity index (χ0n) is 15.4. The minimum Gasteiger partial charge on any atom is -0.490 e. The van der Waals surface area contributed by atoms with Crippen LogP contribution in [0.4, 0.5) is 11.4 Å². The maximum Gasteiger partial charge on any atom is 0.213 e. The summed E-state index contributed by atoms with van der Waals surface area (Å²) >= 11 is 0. The second-order valence-electron chi connectivity index (χ2n) is 5.88. The molecule has 0 aliphatic carbocycles. The number of piperidine rings is 1. The Balaban J connectivity index is 0.00000127. The lowest BCUT2D eigenvalue weighted by Gasteiger charge is -2.30. The third-order valence-corrected chi connectivity index (χ3v) is 3.94. The van der Waals surface area contributed by atoms with Crippen LogP contribution in [0.5, 0.6) is 5.75 Å². The first kappa shape index (κ1) is 19.3. The molecule has 0 N–H and O–H groups in total. The standard InChI is InChI=1S/C16H25N3O2.C2H6/c1-17(2)16-11-14(5-6-15(16)19(4)12-20)21-13-7-9-18(3)10-8-13;1-2/h5-6,11-13H,7-10H2,1-4H3;1-2H3. The van der Waals surface area contributed by atoms with Gasteiger partial charge in [0, 0.05) is 40.3 Å². The summed E-state index contributed by atoms with van der Waals surface area (Å²) in [7, 11) is 7.84. The largest absolute Gasteiger partial charge is 0.490 e. The van der Waals surface area contributed by atoms with Gasteiger partial charge in [-0.25, -0.2) is 0 Å². The fourth-order valence-electron chi connectivity index (χ4n) is 2.58. The highest BCUT2D eigenvalue weighted by molar-refractivity contribution is 5.84.